The highest BCUT2D eigenvalue weighted by Gasteiger charge is 2.44. The first-order valence-corrected chi connectivity index (χ1v) is 10.8. The maximum Gasteiger partial charge on any atom is 0.231 e. The lowest BCUT2D eigenvalue weighted by Crippen LogP contribution is -2.40. The smallest absolute Gasteiger partial charge is 0.231 e. The largest absolute Gasteiger partial charge is 0.388 e. The Morgan fingerprint density at radius 3 is 2.39 bits per heavy atom. The third kappa shape index (κ3) is 4.53. The SMILES string of the molecule is CCC[C@@H](C(=O)N1[C@@H](c2ccccn2)OC[C@H]1c1ccccc1)[C@@H](O)c1ccccc1. The lowest BCUT2D eigenvalue weighted by atomic mass is 9.89. The number of carbonyl (C=O) groups excluding carboxylic acids is 1. The van der Waals surface area contributed by atoms with E-state index < -0.39 is 18.2 Å². The van der Waals surface area contributed by atoms with Gasteiger partial charge in [-0.05, 0) is 29.7 Å². The summed E-state index contributed by atoms with van der Waals surface area (Å²) >= 11 is 0. The van der Waals surface area contributed by atoms with Crippen LogP contribution < -0.4 is 0 Å². The Morgan fingerprint density at radius 2 is 1.74 bits per heavy atom. The summed E-state index contributed by atoms with van der Waals surface area (Å²) < 4.78 is 6.11. The number of pyridine rings is 1. The van der Waals surface area contributed by atoms with E-state index in [4.69, 9.17) is 4.74 Å². The van der Waals surface area contributed by atoms with Crippen LogP contribution in [-0.2, 0) is 9.53 Å². The molecule has 1 aliphatic heterocycles. The molecule has 1 fully saturated rings. The van der Waals surface area contributed by atoms with Crippen LogP contribution in [0.3, 0.4) is 0 Å². The molecule has 4 atom stereocenters. The van der Waals surface area contributed by atoms with Crippen molar-refractivity contribution < 1.29 is 14.6 Å². The molecule has 0 spiro atoms. The minimum absolute atomic E-state index is 0.111. The molecule has 4 rings (SSSR count). The predicted octanol–water partition coefficient (Wildman–Crippen LogP) is 4.83. The molecule has 160 valence electrons. The Kier molecular flexibility index (Phi) is 6.75. The maximum atomic E-state index is 14.0. The molecule has 0 unspecified atom stereocenters. The van der Waals surface area contributed by atoms with E-state index in [0.29, 0.717) is 18.7 Å². The van der Waals surface area contributed by atoms with Crippen LogP contribution in [0.15, 0.2) is 85.1 Å². The number of ether oxygens (including phenoxy) is 1. The first-order valence-electron chi connectivity index (χ1n) is 10.8. The minimum Gasteiger partial charge on any atom is -0.388 e. The van der Waals surface area contributed by atoms with E-state index in [9.17, 15) is 9.90 Å². The van der Waals surface area contributed by atoms with Crippen LogP contribution in [-0.4, -0.2) is 27.5 Å². The summed E-state index contributed by atoms with van der Waals surface area (Å²) in [5.74, 6) is -0.674. The van der Waals surface area contributed by atoms with E-state index >= 15 is 0 Å². The van der Waals surface area contributed by atoms with E-state index in [2.05, 4.69) is 4.98 Å². The molecule has 0 saturated carbocycles. The van der Waals surface area contributed by atoms with Gasteiger partial charge >= 0.3 is 0 Å². The van der Waals surface area contributed by atoms with E-state index in [0.717, 1.165) is 17.5 Å². The molecule has 2 heterocycles. The summed E-state index contributed by atoms with van der Waals surface area (Å²) in [6.07, 6.45) is 1.62. The second-order valence-corrected chi connectivity index (χ2v) is 7.86. The molecule has 0 aliphatic carbocycles. The topological polar surface area (TPSA) is 62.7 Å². The standard InChI is InChI=1S/C26H28N2O3/c1-2-11-21(24(29)20-14-7-4-8-15-20)25(30)28-23(19-12-5-3-6-13-19)18-31-26(28)22-16-9-10-17-27-22/h3-10,12-17,21,23-24,26,29H,2,11,18H2,1H3/t21-,23+,24+,26-/m1/s1. The van der Waals surface area contributed by atoms with Gasteiger partial charge < -0.3 is 14.7 Å². The fourth-order valence-corrected chi connectivity index (χ4v) is 4.26. The zero-order valence-corrected chi connectivity index (χ0v) is 17.7. The van der Waals surface area contributed by atoms with Crippen LogP contribution in [0, 0.1) is 5.92 Å². The Bertz CT molecular complexity index is 918. The first-order chi connectivity index (χ1) is 15.2. The van der Waals surface area contributed by atoms with Crippen molar-refractivity contribution in [3.05, 3.63) is 102 Å². The van der Waals surface area contributed by atoms with Crippen molar-refractivity contribution in [2.75, 3.05) is 6.61 Å². The van der Waals surface area contributed by atoms with Crippen molar-refractivity contribution in [3.63, 3.8) is 0 Å². The van der Waals surface area contributed by atoms with Gasteiger partial charge in [-0.2, -0.15) is 0 Å². The third-order valence-corrected chi connectivity index (χ3v) is 5.82. The van der Waals surface area contributed by atoms with Crippen LogP contribution in [0.5, 0.6) is 0 Å². The van der Waals surface area contributed by atoms with Gasteiger partial charge in [-0.25, -0.2) is 0 Å². The summed E-state index contributed by atoms with van der Waals surface area (Å²) in [5, 5.41) is 11.2. The van der Waals surface area contributed by atoms with E-state index in [1.165, 1.54) is 0 Å². The molecular formula is C26H28N2O3. The summed E-state index contributed by atoms with van der Waals surface area (Å²) in [6, 6.07) is 24.7. The number of aliphatic hydroxyl groups is 1. The highest BCUT2D eigenvalue weighted by Crippen LogP contribution is 2.41. The molecule has 5 nitrogen and oxygen atoms in total. The number of rotatable bonds is 7. The number of hydrogen-bond acceptors (Lipinski definition) is 4. The second kappa shape index (κ2) is 9.86. The number of aromatic nitrogens is 1. The minimum atomic E-state index is -0.880. The Morgan fingerprint density at radius 1 is 1.06 bits per heavy atom. The van der Waals surface area contributed by atoms with E-state index in [1.54, 1.807) is 11.1 Å². The van der Waals surface area contributed by atoms with Crippen LogP contribution in [0.25, 0.3) is 0 Å². The van der Waals surface area contributed by atoms with Gasteiger partial charge in [-0.1, -0.05) is 80.1 Å². The number of hydrogen-bond donors (Lipinski definition) is 1. The number of aliphatic hydroxyl groups excluding tert-OH is 1. The molecule has 5 heteroatoms. The van der Waals surface area contributed by atoms with Gasteiger partial charge in [0.2, 0.25) is 5.91 Å². The molecule has 1 amide bonds. The summed E-state index contributed by atoms with van der Waals surface area (Å²) in [4.78, 5) is 20.2. The summed E-state index contributed by atoms with van der Waals surface area (Å²) in [6.45, 7) is 2.42. The molecule has 0 radical (unpaired) electrons. The van der Waals surface area contributed by atoms with Crippen molar-refractivity contribution in [3.8, 4) is 0 Å². The van der Waals surface area contributed by atoms with Crippen LogP contribution in [0.1, 0.15) is 55.0 Å². The Balaban J connectivity index is 1.71. The average Bonchev–Trinajstić information content (AvgIpc) is 3.29. The molecule has 2 aromatic carbocycles. The quantitative estimate of drug-likeness (QED) is 0.599. The van der Waals surface area contributed by atoms with Gasteiger partial charge in [-0.15, -0.1) is 0 Å². The lowest BCUT2D eigenvalue weighted by Gasteiger charge is -2.33. The van der Waals surface area contributed by atoms with Gasteiger partial charge in [0.05, 0.1) is 30.4 Å². The fourth-order valence-electron chi connectivity index (χ4n) is 4.26. The second-order valence-electron chi connectivity index (χ2n) is 7.86. The predicted molar refractivity (Wildman–Crippen MR) is 119 cm³/mol. The number of benzene rings is 2. The zero-order chi connectivity index (χ0) is 21.6. The first kappa shape index (κ1) is 21.2. The molecule has 1 N–H and O–H groups in total. The van der Waals surface area contributed by atoms with E-state index in [-0.39, 0.29) is 11.9 Å². The summed E-state index contributed by atoms with van der Waals surface area (Å²) in [5.41, 5.74) is 2.46. The molecular weight excluding hydrogens is 388 g/mol. The fraction of sp³-hybridized carbons (Fsp3) is 0.308. The molecule has 1 aromatic heterocycles. The van der Waals surface area contributed by atoms with Gasteiger partial charge in [0.1, 0.15) is 0 Å². The third-order valence-electron chi connectivity index (χ3n) is 5.82. The van der Waals surface area contributed by atoms with Crippen LogP contribution in [0.2, 0.25) is 0 Å². The van der Waals surface area contributed by atoms with Crippen molar-refractivity contribution in [2.24, 2.45) is 5.92 Å². The monoisotopic (exact) mass is 416 g/mol. The van der Waals surface area contributed by atoms with Gasteiger partial charge in [-0.3, -0.25) is 9.78 Å². The van der Waals surface area contributed by atoms with Gasteiger partial charge in [0.15, 0.2) is 6.23 Å². The summed E-state index contributed by atoms with van der Waals surface area (Å²) in [7, 11) is 0. The Hall–Kier alpha value is -3.02. The van der Waals surface area contributed by atoms with Crippen molar-refractivity contribution in [1.29, 1.82) is 0 Å². The Labute approximate surface area is 183 Å². The average molecular weight is 417 g/mol. The molecule has 3 aromatic rings. The molecule has 1 aliphatic rings. The lowest BCUT2D eigenvalue weighted by molar-refractivity contribution is -0.147. The van der Waals surface area contributed by atoms with Crippen LogP contribution >= 0.6 is 0 Å². The highest BCUT2D eigenvalue weighted by molar-refractivity contribution is 5.81. The van der Waals surface area contributed by atoms with Crippen LogP contribution in [0.4, 0.5) is 0 Å². The maximum absolute atomic E-state index is 14.0. The number of amides is 1. The normalized spacial score (nSPS) is 20.4. The van der Waals surface area contributed by atoms with Crippen molar-refractivity contribution in [2.45, 2.75) is 38.1 Å². The van der Waals surface area contributed by atoms with Crippen molar-refractivity contribution in [1.82, 2.24) is 9.88 Å². The number of carbonyl (C=O) groups is 1. The van der Waals surface area contributed by atoms with Crippen molar-refractivity contribution >= 4 is 5.91 Å². The van der Waals surface area contributed by atoms with E-state index in [1.807, 2.05) is 85.8 Å². The van der Waals surface area contributed by atoms with Gasteiger partial charge in [0, 0.05) is 6.20 Å². The molecule has 31 heavy (non-hydrogen) atoms. The molecule has 1 saturated heterocycles. The number of nitrogens with zero attached hydrogens (tertiary/aromatic N) is 2. The zero-order valence-electron chi connectivity index (χ0n) is 17.7. The highest BCUT2D eigenvalue weighted by atomic mass is 16.5. The van der Waals surface area contributed by atoms with Gasteiger partial charge in [0.25, 0.3) is 0 Å². The molecule has 0 bridgehead atoms.